The molecule has 0 heterocycles. The predicted molar refractivity (Wildman–Crippen MR) is 270 cm³/mol. The summed E-state index contributed by atoms with van der Waals surface area (Å²) in [5.41, 5.74) is 0. The largest absolute Gasteiger partial charge is 0.462 e. The van der Waals surface area contributed by atoms with Crippen LogP contribution in [0.25, 0.3) is 0 Å². The Balaban J connectivity index is 4.38. The first kappa shape index (κ1) is 60.6. The summed E-state index contributed by atoms with van der Waals surface area (Å²) in [5, 5.41) is 0. The van der Waals surface area contributed by atoms with Crippen molar-refractivity contribution in [3.63, 3.8) is 0 Å². The van der Waals surface area contributed by atoms with E-state index in [2.05, 4.69) is 57.2 Å². The second kappa shape index (κ2) is 52.3. The minimum Gasteiger partial charge on any atom is -0.462 e. The number of carbonyl (C=O) groups is 3. The molecule has 0 aromatic carbocycles. The van der Waals surface area contributed by atoms with E-state index in [4.69, 9.17) is 14.2 Å². The van der Waals surface area contributed by atoms with Crippen molar-refractivity contribution >= 4 is 17.9 Å². The Labute approximate surface area is 391 Å². The number of esters is 3. The minimum atomic E-state index is -0.779. The Morgan fingerprint density at radius 1 is 0.317 bits per heavy atom. The molecule has 0 spiro atoms. The van der Waals surface area contributed by atoms with E-state index in [1.807, 2.05) is 0 Å². The summed E-state index contributed by atoms with van der Waals surface area (Å²) in [7, 11) is 0. The maximum atomic E-state index is 12.8. The average Bonchev–Trinajstić information content (AvgIpc) is 3.28. The van der Waals surface area contributed by atoms with Gasteiger partial charge in [-0.3, -0.25) is 14.4 Å². The lowest BCUT2D eigenvalue weighted by molar-refractivity contribution is -0.167. The van der Waals surface area contributed by atoms with Gasteiger partial charge in [-0.15, -0.1) is 0 Å². The van der Waals surface area contributed by atoms with Crippen molar-refractivity contribution < 1.29 is 28.6 Å². The molecule has 0 N–H and O–H groups in total. The lowest BCUT2D eigenvalue weighted by Gasteiger charge is -2.18. The van der Waals surface area contributed by atoms with E-state index in [-0.39, 0.29) is 31.1 Å². The van der Waals surface area contributed by atoms with E-state index < -0.39 is 6.10 Å². The van der Waals surface area contributed by atoms with Crippen LogP contribution in [-0.2, 0) is 28.6 Å². The molecule has 0 bridgehead atoms. The van der Waals surface area contributed by atoms with Gasteiger partial charge in [0.05, 0.1) is 0 Å². The van der Waals surface area contributed by atoms with Crippen LogP contribution in [0, 0.1) is 0 Å². The number of unbranched alkanes of at least 4 members (excludes halogenated alkanes) is 33. The number of hydrogen-bond acceptors (Lipinski definition) is 6. The third-order valence-corrected chi connectivity index (χ3v) is 12.1. The van der Waals surface area contributed by atoms with Gasteiger partial charge in [0.25, 0.3) is 0 Å². The van der Waals surface area contributed by atoms with E-state index in [9.17, 15) is 14.4 Å². The number of allylic oxidation sites excluding steroid dienone is 6. The van der Waals surface area contributed by atoms with Gasteiger partial charge < -0.3 is 14.2 Å². The quantitative estimate of drug-likeness (QED) is 0.0262. The third-order valence-electron chi connectivity index (χ3n) is 12.1. The molecule has 0 rings (SSSR count). The summed E-state index contributed by atoms with van der Waals surface area (Å²) in [4.78, 5) is 38.0. The molecule has 0 amide bonds. The molecule has 1 unspecified atom stereocenters. The highest BCUT2D eigenvalue weighted by atomic mass is 16.6. The molecule has 0 aliphatic rings. The van der Waals surface area contributed by atoms with Gasteiger partial charge in [0.15, 0.2) is 6.10 Å². The lowest BCUT2D eigenvalue weighted by atomic mass is 10.0. The second-order valence-corrected chi connectivity index (χ2v) is 18.5. The topological polar surface area (TPSA) is 78.9 Å². The number of rotatable bonds is 50. The molecule has 368 valence electrons. The first-order valence-electron chi connectivity index (χ1n) is 27.5. The molecule has 63 heavy (non-hydrogen) atoms. The molecule has 0 saturated heterocycles. The molecule has 6 heteroatoms. The van der Waals surface area contributed by atoms with Gasteiger partial charge in [-0.2, -0.15) is 0 Å². The van der Waals surface area contributed by atoms with Gasteiger partial charge in [0.1, 0.15) is 13.2 Å². The Morgan fingerprint density at radius 2 is 0.571 bits per heavy atom. The molecule has 0 fully saturated rings. The van der Waals surface area contributed by atoms with Crippen molar-refractivity contribution in [1.29, 1.82) is 0 Å². The van der Waals surface area contributed by atoms with Gasteiger partial charge >= 0.3 is 17.9 Å². The van der Waals surface area contributed by atoms with Gasteiger partial charge in [-0.1, -0.05) is 231 Å². The molecule has 6 nitrogen and oxygen atoms in total. The first-order chi connectivity index (χ1) is 31.0. The Kier molecular flexibility index (Phi) is 50.3. The molecule has 0 radical (unpaired) electrons. The van der Waals surface area contributed by atoms with Crippen molar-refractivity contribution in [3.8, 4) is 0 Å². The summed E-state index contributed by atoms with van der Waals surface area (Å²) < 4.78 is 16.8. The lowest BCUT2D eigenvalue weighted by Crippen LogP contribution is -2.30. The Hall–Kier alpha value is -2.37. The zero-order valence-corrected chi connectivity index (χ0v) is 42.1. The fraction of sp³-hybridized carbons (Fsp3) is 0.842. The first-order valence-corrected chi connectivity index (χ1v) is 27.5. The molecule has 0 aliphatic heterocycles. The maximum Gasteiger partial charge on any atom is 0.306 e. The van der Waals surface area contributed by atoms with Crippen LogP contribution in [0.4, 0.5) is 0 Å². The summed E-state index contributed by atoms with van der Waals surface area (Å²) in [6, 6.07) is 0. The normalized spacial score (nSPS) is 12.2. The predicted octanol–water partition coefficient (Wildman–Crippen LogP) is 18.1. The van der Waals surface area contributed by atoms with E-state index in [0.29, 0.717) is 19.3 Å². The molecule has 0 aliphatic carbocycles. The van der Waals surface area contributed by atoms with Crippen LogP contribution in [0.1, 0.15) is 290 Å². The van der Waals surface area contributed by atoms with Crippen molar-refractivity contribution in [2.75, 3.05) is 13.2 Å². The molecular formula is C57H104O6. The fourth-order valence-electron chi connectivity index (χ4n) is 7.94. The van der Waals surface area contributed by atoms with Crippen LogP contribution in [0.5, 0.6) is 0 Å². The van der Waals surface area contributed by atoms with Crippen LogP contribution >= 0.6 is 0 Å². The fourth-order valence-corrected chi connectivity index (χ4v) is 7.94. The standard InChI is InChI=1S/C57H104O6/c1-4-7-10-13-16-19-22-25-28-31-34-37-40-43-46-49-55(58)61-52-54(63-57(60)51-48-45-42-39-36-33-30-27-24-21-18-15-12-9-6-3)53-62-56(59)50-47-44-41-38-35-32-29-26-23-20-17-14-11-8-5-2/h18,21,25,27-28,30,54H,4-17,19-20,22-24,26,29,31-53H2,1-3H3/b21-18+,28-25+,30-27+. The summed E-state index contributed by atoms with van der Waals surface area (Å²) in [5.74, 6) is -0.886. The summed E-state index contributed by atoms with van der Waals surface area (Å²) >= 11 is 0. The van der Waals surface area contributed by atoms with Gasteiger partial charge in [-0.25, -0.2) is 0 Å². The highest BCUT2D eigenvalue weighted by Crippen LogP contribution is 2.16. The monoisotopic (exact) mass is 885 g/mol. The maximum absolute atomic E-state index is 12.8. The molecule has 0 aromatic heterocycles. The second-order valence-electron chi connectivity index (χ2n) is 18.5. The average molecular weight is 885 g/mol. The van der Waals surface area contributed by atoms with Crippen LogP contribution in [0.2, 0.25) is 0 Å². The van der Waals surface area contributed by atoms with Crippen LogP contribution in [-0.4, -0.2) is 37.2 Å². The third kappa shape index (κ3) is 50.5. The van der Waals surface area contributed by atoms with Crippen molar-refractivity contribution in [1.82, 2.24) is 0 Å². The highest BCUT2D eigenvalue weighted by molar-refractivity contribution is 5.71. The van der Waals surface area contributed by atoms with E-state index in [1.54, 1.807) is 0 Å². The van der Waals surface area contributed by atoms with Crippen LogP contribution in [0.3, 0.4) is 0 Å². The van der Waals surface area contributed by atoms with Gasteiger partial charge in [0, 0.05) is 19.3 Å². The van der Waals surface area contributed by atoms with E-state index in [1.165, 1.54) is 161 Å². The highest BCUT2D eigenvalue weighted by Gasteiger charge is 2.19. The summed E-state index contributed by atoms with van der Waals surface area (Å²) in [6.45, 7) is 6.62. The smallest absolute Gasteiger partial charge is 0.306 e. The molecule has 0 saturated carbocycles. The summed E-state index contributed by atoms with van der Waals surface area (Å²) in [6.07, 6.45) is 61.2. The molecular weight excluding hydrogens is 781 g/mol. The molecule has 0 aromatic rings. The number of carbonyl (C=O) groups excluding carboxylic acids is 3. The number of ether oxygens (including phenoxy) is 3. The van der Waals surface area contributed by atoms with Crippen molar-refractivity contribution in [2.24, 2.45) is 0 Å². The zero-order chi connectivity index (χ0) is 45.8. The zero-order valence-electron chi connectivity index (χ0n) is 42.1. The Bertz CT molecular complexity index is 1060. The van der Waals surface area contributed by atoms with Crippen molar-refractivity contribution in [3.05, 3.63) is 36.5 Å². The van der Waals surface area contributed by atoms with Crippen LogP contribution in [0.15, 0.2) is 36.5 Å². The van der Waals surface area contributed by atoms with E-state index >= 15 is 0 Å². The van der Waals surface area contributed by atoms with Gasteiger partial charge in [0.2, 0.25) is 0 Å². The SMILES string of the molecule is CCCCC/C=C/C/C=C/CCCCCCCC(=O)OC(COC(=O)CCCCCCC/C=C/CCCCCCCC)COC(=O)CCCCCCCCCCCCCCCCC. The van der Waals surface area contributed by atoms with Crippen LogP contribution < -0.4 is 0 Å². The van der Waals surface area contributed by atoms with E-state index in [0.717, 1.165) is 89.9 Å². The minimum absolute atomic E-state index is 0.0772. The molecule has 1 atom stereocenters. The van der Waals surface area contributed by atoms with Crippen molar-refractivity contribution in [2.45, 2.75) is 297 Å². The Morgan fingerprint density at radius 3 is 0.921 bits per heavy atom. The number of hydrogen-bond donors (Lipinski definition) is 0. The van der Waals surface area contributed by atoms with Gasteiger partial charge in [-0.05, 0) is 77.0 Å².